The van der Waals surface area contributed by atoms with Gasteiger partial charge in [-0.15, -0.1) is 0 Å². The third-order valence-corrected chi connectivity index (χ3v) is 4.40. The molecule has 1 fully saturated rings. The fraction of sp³-hybridized carbons (Fsp3) is 0.579. The van der Waals surface area contributed by atoms with Crippen molar-refractivity contribution in [2.45, 2.75) is 38.8 Å². The van der Waals surface area contributed by atoms with Crippen LogP contribution in [0.25, 0.3) is 0 Å². The molecule has 2 rings (SSSR count). The summed E-state index contributed by atoms with van der Waals surface area (Å²) in [6.07, 6.45) is 1.96. The average Bonchev–Trinajstić information content (AvgIpc) is 3.06. The number of ether oxygens (including phenoxy) is 2. The van der Waals surface area contributed by atoms with E-state index in [0.29, 0.717) is 0 Å². The number of methoxy groups -OCH3 is 2. The second kappa shape index (κ2) is 9.43. The zero-order valence-electron chi connectivity index (χ0n) is 16.0. The lowest BCUT2D eigenvalue weighted by Crippen LogP contribution is -2.43. The van der Waals surface area contributed by atoms with Crippen LogP contribution in [0.1, 0.15) is 38.3 Å². The minimum atomic E-state index is -0.180. The first-order valence-corrected chi connectivity index (χ1v) is 8.96. The van der Waals surface area contributed by atoms with Gasteiger partial charge in [-0.05, 0) is 51.4 Å². The Labute approximate surface area is 155 Å². The molecule has 0 spiro atoms. The fourth-order valence-corrected chi connectivity index (χ4v) is 3.26. The highest BCUT2D eigenvalue weighted by Gasteiger charge is 2.30. The van der Waals surface area contributed by atoms with Gasteiger partial charge in [-0.1, -0.05) is 0 Å². The quantitative estimate of drug-likeness (QED) is 0.731. The van der Waals surface area contributed by atoms with E-state index in [1.807, 2.05) is 32.0 Å². The minimum absolute atomic E-state index is 0.00198. The zero-order chi connectivity index (χ0) is 19.1. The molecule has 1 atom stereocenters. The molecule has 1 aromatic rings. The van der Waals surface area contributed by atoms with Crippen LogP contribution in [0.15, 0.2) is 18.2 Å². The Morgan fingerprint density at radius 1 is 1.23 bits per heavy atom. The lowest BCUT2D eigenvalue weighted by atomic mass is 10.0. The maximum atomic E-state index is 12.3. The van der Waals surface area contributed by atoms with Crippen LogP contribution >= 0.6 is 0 Å². The van der Waals surface area contributed by atoms with E-state index in [0.717, 1.165) is 36.4 Å². The number of carbonyl (C=O) groups is 2. The second-order valence-corrected chi connectivity index (χ2v) is 6.74. The van der Waals surface area contributed by atoms with Gasteiger partial charge < -0.3 is 20.1 Å². The highest BCUT2D eigenvalue weighted by Crippen LogP contribution is 2.38. The molecule has 2 N–H and O–H groups in total. The van der Waals surface area contributed by atoms with Crippen molar-refractivity contribution in [2.24, 2.45) is 0 Å². The molecule has 7 nitrogen and oxygen atoms in total. The molecule has 26 heavy (non-hydrogen) atoms. The van der Waals surface area contributed by atoms with Crippen molar-refractivity contribution < 1.29 is 19.1 Å². The van der Waals surface area contributed by atoms with Crippen LogP contribution in [0.2, 0.25) is 0 Å². The Bertz CT molecular complexity index is 633. The van der Waals surface area contributed by atoms with Gasteiger partial charge in [0.15, 0.2) is 0 Å². The van der Waals surface area contributed by atoms with Crippen LogP contribution in [0.3, 0.4) is 0 Å². The predicted molar refractivity (Wildman–Crippen MR) is 99.4 cm³/mol. The van der Waals surface area contributed by atoms with Crippen LogP contribution in [-0.4, -0.2) is 56.6 Å². The first-order valence-electron chi connectivity index (χ1n) is 8.96. The number of likely N-dealkylation sites (tertiary alicyclic amines) is 1. The summed E-state index contributed by atoms with van der Waals surface area (Å²) in [5, 5.41) is 5.45. The number of carbonyl (C=O) groups excluding carboxylic acids is 2. The molecule has 0 radical (unpaired) electrons. The Morgan fingerprint density at radius 3 is 2.65 bits per heavy atom. The summed E-state index contributed by atoms with van der Waals surface area (Å²) < 4.78 is 10.8. The van der Waals surface area contributed by atoms with Crippen molar-refractivity contribution in [3.63, 3.8) is 0 Å². The minimum Gasteiger partial charge on any atom is -0.497 e. The Kier molecular flexibility index (Phi) is 7.26. The maximum Gasteiger partial charge on any atom is 0.239 e. The van der Waals surface area contributed by atoms with E-state index in [2.05, 4.69) is 15.5 Å². The van der Waals surface area contributed by atoms with Crippen LogP contribution in [0.5, 0.6) is 11.5 Å². The average molecular weight is 363 g/mol. The number of rotatable bonds is 8. The fourth-order valence-electron chi connectivity index (χ4n) is 3.26. The van der Waals surface area contributed by atoms with Crippen LogP contribution in [-0.2, 0) is 9.59 Å². The largest absolute Gasteiger partial charge is 0.497 e. The number of hydrogen-bond acceptors (Lipinski definition) is 5. The molecule has 1 heterocycles. The first-order chi connectivity index (χ1) is 12.4. The van der Waals surface area contributed by atoms with Crippen molar-refractivity contribution in [1.29, 1.82) is 0 Å². The number of nitrogens with zero attached hydrogens (tertiary/aromatic N) is 1. The van der Waals surface area contributed by atoms with Gasteiger partial charge in [-0.25, -0.2) is 0 Å². The van der Waals surface area contributed by atoms with Gasteiger partial charge >= 0.3 is 0 Å². The number of benzene rings is 1. The summed E-state index contributed by atoms with van der Waals surface area (Å²) in [5.41, 5.74) is 1.02. The predicted octanol–water partition coefficient (Wildman–Crippen LogP) is 1.48. The van der Waals surface area contributed by atoms with Crippen LogP contribution in [0, 0.1) is 0 Å². The molecular weight excluding hydrogens is 334 g/mol. The molecule has 1 saturated heterocycles. The lowest BCUT2D eigenvalue weighted by molar-refractivity contribution is -0.127. The summed E-state index contributed by atoms with van der Waals surface area (Å²) in [5.74, 6) is 1.22. The standard InChI is InChI=1S/C19H29N3O4/c1-13(2)21-18(23)11-20-19(24)12-22-9-5-6-16(22)15-10-14(25-3)7-8-17(15)26-4/h7-8,10,13,16H,5-6,9,11-12H2,1-4H3,(H,20,24)(H,21,23)/t16-/m0/s1. The molecule has 0 aliphatic carbocycles. The number of nitrogens with one attached hydrogen (secondary N) is 2. The molecule has 0 saturated carbocycles. The van der Waals surface area contributed by atoms with E-state index < -0.39 is 0 Å². The summed E-state index contributed by atoms with van der Waals surface area (Å²) in [6.45, 7) is 4.85. The topological polar surface area (TPSA) is 79.9 Å². The summed E-state index contributed by atoms with van der Waals surface area (Å²) in [6, 6.07) is 5.87. The van der Waals surface area contributed by atoms with Crippen molar-refractivity contribution in [2.75, 3.05) is 33.9 Å². The number of hydrogen-bond donors (Lipinski definition) is 2. The molecule has 1 aliphatic rings. The smallest absolute Gasteiger partial charge is 0.239 e. The highest BCUT2D eigenvalue weighted by molar-refractivity contribution is 5.85. The van der Waals surface area contributed by atoms with E-state index >= 15 is 0 Å². The molecule has 1 aromatic carbocycles. The van der Waals surface area contributed by atoms with Gasteiger partial charge in [0.05, 0.1) is 27.3 Å². The van der Waals surface area contributed by atoms with E-state index in [1.165, 1.54) is 0 Å². The summed E-state index contributed by atoms with van der Waals surface area (Å²) >= 11 is 0. The monoisotopic (exact) mass is 363 g/mol. The molecular formula is C19H29N3O4. The van der Waals surface area contributed by atoms with E-state index in [4.69, 9.17) is 9.47 Å². The maximum absolute atomic E-state index is 12.3. The Balaban J connectivity index is 2.00. The normalized spacial score (nSPS) is 17.2. The van der Waals surface area contributed by atoms with Crippen LogP contribution < -0.4 is 20.1 Å². The van der Waals surface area contributed by atoms with Crippen molar-refractivity contribution >= 4 is 11.8 Å². The molecule has 0 aromatic heterocycles. The molecule has 0 bridgehead atoms. The molecule has 2 amide bonds. The summed E-state index contributed by atoms with van der Waals surface area (Å²) in [4.78, 5) is 26.0. The van der Waals surface area contributed by atoms with Gasteiger partial charge in [0.2, 0.25) is 11.8 Å². The van der Waals surface area contributed by atoms with Crippen molar-refractivity contribution in [3.05, 3.63) is 23.8 Å². The third-order valence-electron chi connectivity index (χ3n) is 4.40. The van der Waals surface area contributed by atoms with Crippen molar-refractivity contribution in [3.8, 4) is 11.5 Å². The van der Waals surface area contributed by atoms with E-state index in [-0.39, 0.29) is 37.0 Å². The van der Waals surface area contributed by atoms with Crippen LogP contribution in [0.4, 0.5) is 0 Å². The van der Waals surface area contributed by atoms with Crippen molar-refractivity contribution in [1.82, 2.24) is 15.5 Å². The van der Waals surface area contributed by atoms with Gasteiger partial charge in [0.25, 0.3) is 0 Å². The highest BCUT2D eigenvalue weighted by atomic mass is 16.5. The Hall–Kier alpha value is -2.28. The molecule has 1 aliphatic heterocycles. The SMILES string of the molecule is COc1ccc(OC)c([C@@H]2CCCN2CC(=O)NCC(=O)NC(C)C)c1. The molecule has 144 valence electrons. The third kappa shape index (κ3) is 5.36. The van der Waals surface area contributed by atoms with Gasteiger partial charge in [0.1, 0.15) is 11.5 Å². The molecule has 7 heteroatoms. The van der Waals surface area contributed by atoms with Gasteiger partial charge in [-0.3, -0.25) is 14.5 Å². The number of amides is 2. The van der Waals surface area contributed by atoms with E-state index in [9.17, 15) is 9.59 Å². The second-order valence-electron chi connectivity index (χ2n) is 6.74. The summed E-state index contributed by atoms with van der Waals surface area (Å²) in [7, 11) is 3.28. The molecule has 0 unspecified atom stereocenters. The zero-order valence-corrected chi connectivity index (χ0v) is 16.0. The first kappa shape index (κ1) is 20.0. The van der Waals surface area contributed by atoms with E-state index in [1.54, 1.807) is 14.2 Å². The van der Waals surface area contributed by atoms with Gasteiger partial charge in [0, 0.05) is 17.6 Å². The lowest BCUT2D eigenvalue weighted by Gasteiger charge is -2.26. The Morgan fingerprint density at radius 2 is 2.00 bits per heavy atom. The van der Waals surface area contributed by atoms with Gasteiger partial charge in [-0.2, -0.15) is 0 Å².